The van der Waals surface area contributed by atoms with Gasteiger partial charge in [-0.25, -0.2) is 0 Å². The minimum atomic E-state index is -0.319. The Balaban J connectivity index is 1.60. The van der Waals surface area contributed by atoms with Crippen LogP contribution in [0.5, 0.6) is 0 Å². The molecule has 7 rings (SSSR count). The highest BCUT2D eigenvalue weighted by Gasteiger charge is 2.76. The average Bonchev–Trinajstić information content (AvgIpc) is 2.97. The molecule has 6 aliphatic rings. The topological polar surface area (TPSA) is 46.9 Å². The van der Waals surface area contributed by atoms with Crippen molar-refractivity contribution in [3.63, 3.8) is 0 Å². The molecule has 1 unspecified atom stereocenters. The van der Waals surface area contributed by atoms with Crippen molar-refractivity contribution in [1.82, 2.24) is 4.90 Å². The zero-order valence-electron chi connectivity index (χ0n) is 14.3. The van der Waals surface area contributed by atoms with E-state index in [0.29, 0.717) is 35.9 Å². The van der Waals surface area contributed by atoms with Gasteiger partial charge in [0.1, 0.15) is 6.23 Å². The van der Waals surface area contributed by atoms with Crippen LogP contribution in [0.4, 0.5) is 5.69 Å². The number of aliphatic hydroxyl groups excluding tert-OH is 2. The summed E-state index contributed by atoms with van der Waals surface area (Å²) in [6, 6.07) is 9.70. The number of para-hydroxylation sites is 1. The van der Waals surface area contributed by atoms with Gasteiger partial charge in [0.15, 0.2) is 0 Å². The number of benzene rings is 1. The van der Waals surface area contributed by atoms with E-state index in [0.717, 1.165) is 19.3 Å². The lowest BCUT2D eigenvalue weighted by Gasteiger charge is -2.62. The van der Waals surface area contributed by atoms with E-state index in [1.54, 1.807) is 0 Å². The maximum absolute atomic E-state index is 11.6. The predicted octanol–water partition coefficient (Wildman–Crippen LogP) is 1.55. The third-order valence-corrected chi connectivity index (χ3v) is 8.46. The molecule has 1 saturated carbocycles. The molecule has 4 heteroatoms. The van der Waals surface area contributed by atoms with Crippen LogP contribution in [0.3, 0.4) is 0 Å². The Morgan fingerprint density at radius 1 is 1.21 bits per heavy atom. The van der Waals surface area contributed by atoms with Gasteiger partial charge in [0, 0.05) is 42.1 Å². The highest BCUT2D eigenvalue weighted by molar-refractivity contribution is 5.67. The highest BCUT2D eigenvalue weighted by atomic mass is 16.3. The summed E-state index contributed by atoms with van der Waals surface area (Å²) in [4.78, 5) is 4.83. The second-order valence-electron chi connectivity index (χ2n) is 8.81. The van der Waals surface area contributed by atoms with Crippen LogP contribution in [0, 0.1) is 17.8 Å². The molecule has 4 saturated heterocycles. The van der Waals surface area contributed by atoms with Crippen LogP contribution >= 0.6 is 0 Å². The van der Waals surface area contributed by atoms with E-state index in [4.69, 9.17) is 0 Å². The van der Waals surface area contributed by atoms with E-state index in [-0.39, 0.29) is 17.7 Å². The summed E-state index contributed by atoms with van der Waals surface area (Å²) in [5.41, 5.74) is 2.51. The molecule has 0 radical (unpaired) electrons. The summed E-state index contributed by atoms with van der Waals surface area (Å²) < 4.78 is 0. The number of aliphatic hydroxyl groups is 2. The van der Waals surface area contributed by atoms with Crippen LogP contribution in [0.25, 0.3) is 0 Å². The predicted molar refractivity (Wildman–Crippen MR) is 91.7 cm³/mol. The maximum Gasteiger partial charge on any atom is 0.111 e. The molecule has 4 nitrogen and oxygen atoms in total. The number of hydrogen-bond acceptors (Lipinski definition) is 4. The third kappa shape index (κ3) is 1.20. The van der Waals surface area contributed by atoms with Gasteiger partial charge in [-0.3, -0.25) is 4.90 Å². The molecule has 1 spiro atoms. The third-order valence-electron chi connectivity index (χ3n) is 8.46. The van der Waals surface area contributed by atoms with Gasteiger partial charge < -0.3 is 15.1 Å². The number of piperidine rings is 4. The molecule has 24 heavy (non-hydrogen) atoms. The highest BCUT2D eigenvalue weighted by Crippen LogP contribution is 2.68. The second-order valence-corrected chi connectivity index (χ2v) is 8.81. The quantitative estimate of drug-likeness (QED) is 0.822. The van der Waals surface area contributed by atoms with Crippen LogP contribution in [0.2, 0.25) is 0 Å². The van der Waals surface area contributed by atoms with Crippen LogP contribution in [0.15, 0.2) is 24.3 Å². The fourth-order valence-corrected chi connectivity index (χ4v) is 7.88. The fourth-order valence-electron chi connectivity index (χ4n) is 7.88. The van der Waals surface area contributed by atoms with Crippen molar-refractivity contribution < 1.29 is 10.2 Å². The van der Waals surface area contributed by atoms with E-state index in [1.807, 2.05) is 0 Å². The molecule has 10 atom stereocenters. The largest absolute Gasteiger partial charge is 0.392 e. The number of rotatable bonds is 1. The van der Waals surface area contributed by atoms with Crippen LogP contribution < -0.4 is 4.90 Å². The molecule has 1 aromatic rings. The van der Waals surface area contributed by atoms with Gasteiger partial charge in [0.05, 0.1) is 12.1 Å². The molecule has 2 N–H and O–H groups in total. The molecule has 5 aliphatic heterocycles. The van der Waals surface area contributed by atoms with E-state index < -0.39 is 0 Å². The Kier molecular flexibility index (Phi) is 2.45. The number of fused-ring (bicyclic) bond motifs is 2. The standard InChI is InChI=1S/C20H26N2O2/c1-3-10-11-8-14-17-20(12-6-4-5-7-13(12)21(17)2)9-15(16(11)18(20)23)22(14)19(10)24/h4-7,10-11,14-19,23-24H,3,8-9H2,1-2H3/t10-,11+,14-,15-,16+,17-,18+,19-,20+/m0/s1. The van der Waals surface area contributed by atoms with Gasteiger partial charge in [0.25, 0.3) is 0 Å². The number of hydrogen-bond donors (Lipinski definition) is 2. The fraction of sp³-hybridized carbons (Fsp3) is 0.700. The Hall–Kier alpha value is -1.10. The monoisotopic (exact) mass is 326 g/mol. The van der Waals surface area contributed by atoms with Crippen molar-refractivity contribution in [2.75, 3.05) is 11.9 Å². The van der Waals surface area contributed by atoms with E-state index in [2.05, 4.69) is 48.0 Å². The molecule has 5 bridgehead atoms. The van der Waals surface area contributed by atoms with Crippen molar-refractivity contribution in [3.8, 4) is 0 Å². The Morgan fingerprint density at radius 3 is 2.79 bits per heavy atom. The zero-order chi connectivity index (χ0) is 16.4. The lowest BCUT2D eigenvalue weighted by atomic mass is 9.62. The summed E-state index contributed by atoms with van der Waals surface area (Å²) in [6.45, 7) is 2.19. The van der Waals surface area contributed by atoms with Crippen molar-refractivity contribution in [2.24, 2.45) is 17.8 Å². The van der Waals surface area contributed by atoms with E-state index in [1.165, 1.54) is 11.3 Å². The average molecular weight is 326 g/mol. The normalized spacial score (nSPS) is 55.8. The molecular weight excluding hydrogens is 300 g/mol. The summed E-state index contributed by atoms with van der Waals surface area (Å²) in [7, 11) is 2.19. The number of likely N-dealkylation sites (N-methyl/N-ethyl adjacent to an activating group) is 1. The molecule has 128 valence electrons. The Morgan fingerprint density at radius 2 is 2.00 bits per heavy atom. The van der Waals surface area contributed by atoms with Gasteiger partial charge in [-0.05, 0) is 36.8 Å². The number of anilines is 1. The van der Waals surface area contributed by atoms with Crippen LogP contribution in [0.1, 0.15) is 31.7 Å². The van der Waals surface area contributed by atoms with E-state index >= 15 is 0 Å². The molecule has 0 amide bonds. The van der Waals surface area contributed by atoms with Crippen LogP contribution in [-0.2, 0) is 5.41 Å². The van der Waals surface area contributed by atoms with Crippen molar-refractivity contribution in [3.05, 3.63) is 29.8 Å². The van der Waals surface area contributed by atoms with Crippen LogP contribution in [-0.4, -0.2) is 52.6 Å². The Labute approximate surface area is 143 Å². The van der Waals surface area contributed by atoms with Gasteiger partial charge >= 0.3 is 0 Å². The first-order valence-corrected chi connectivity index (χ1v) is 9.57. The molecule has 1 aromatic carbocycles. The van der Waals surface area contributed by atoms with Crippen molar-refractivity contribution in [2.45, 2.75) is 62.1 Å². The zero-order valence-corrected chi connectivity index (χ0v) is 14.3. The molecule has 0 aromatic heterocycles. The number of nitrogens with zero attached hydrogens (tertiary/aromatic N) is 2. The minimum Gasteiger partial charge on any atom is -0.392 e. The molecule has 5 heterocycles. The van der Waals surface area contributed by atoms with Gasteiger partial charge in [0.2, 0.25) is 0 Å². The lowest BCUT2D eigenvalue weighted by molar-refractivity contribution is -0.211. The smallest absolute Gasteiger partial charge is 0.111 e. The first-order valence-electron chi connectivity index (χ1n) is 9.57. The molecule has 1 aliphatic carbocycles. The second kappa shape index (κ2) is 4.17. The summed E-state index contributed by atoms with van der Waals surface area (Å²) in [6.07, 6.45) is 2.56. The van der Waals surface area contributed by atoms with Gasteiger partial charge in [-0.1, -0.05) is 25.1 Å². The summed E-state index contributed by atoms with van der Waals surface area (Å²) in [5, 5.41) is 22.6. The molecule has 5 fully saturated rings. The van der Waals surface area contributed by atoms with E-state index in [9.17, 15) is 10.2 Å². The lowest BCUT2D eigenvalue weighted by Crippen LogP contribution is -2.72. The van der Waals surface area contributed by atoms with Crippen molar-refractivity contribution >= 4 is 5.69 Å². The summed E-state index contributed by atoms with van der Waals surface area (Å²) >= 11 is 0. The van der Waals surface area contributed by atoms with Gasteiger partial charge in [-0.15, -0.1) is 0 Å². The SMILES string of the molecule is CC[C@H]1[C@H]2C[C@H]3[C@@H]4N(C)c5ccccc5[C@]45C[C@@H]([C@@H]2[C@H]5O)N3[C@H]1O. The van der Waals surface area contributed by atoms with Crippen molar-refractivity contribution in [1.29, 1.82) is 0 Å². The summed E-state index contributed by atoms with van der Waals surface area (Å²) in [5.74, 6) is 1.14. The first-order chi connectivity index (χ1) is 11.6. The maximum atomic E-state index is 11.6. The van der Waals surface area contributed by atoms with Gasteiger partial charge in [-0.2, -0.15) is 0 Å². The first kappa shape index (κ1) is 14.1. The minimum absolute atomic E-state index is 0.126. The molecular formula is C20H26N2O2. The Bertz CT molecular complexity index is 723.